The van der Waals surface area contributed by atoms with Crippen molar-refractivity contribution in [1.82, 2.24) is 19.2 Å². The smallest absolute Gasteiger partial charge is 0.272 e. The summed E-state index contributed by atoms with van der Waals surface area (Å²) in [5.74, 6) is 2.01. The fourth-order valence-electron chi connectivity index (χ4n) is 3.47. The summed E-state index contributed by atoms with van der Waals surface area (Å²) in [6.07, 6.45) is 2.41. The second-order valence-electron chi connectivity index (χ2n) is 6.97. The zero-order chi connectivity index (χ0) is 21.1. The van der Waals surface area contributed by atoms with Gasteiger partial charge in [0.15, 0.2) is 0 Å². The highest BCUT2D eigenvalue weighted by Gasteiger charge is 2.17. The molecule has 1 N–H and O–H groups in total. The molecule has 0 radical (unpaired) electrons. The molecule has 0 aliphatic carbocycles. The van der Waals surface area contributed by atoms with Crippen LogP contribution in [-0.2, 0) is 17.8 Å². The Bertz CT molecular complexity index is 1240. The predicted octanol–water partition coefficient (Wildman–Crippen LogP) is 3.49. The first-order valence-electron chi connectivity index (χ1n) is 9.90. The molecule has 0 aliphatic rings. The van der Waals surface area contributed by atoms with Crippen molar-refractivity contribution >= 4 is 38.9 Å². The highest BCUT2D eigenvalue weighted by Crippen LogP contribution is 2.21. The van der Waals surface area contributed by atoms with Crippen molar-refractivity contribution in [2.75, 3.05) is 12.4 Å². The Kier molecular flexibility index (Phi) is 5.80. The van der Waals surface area contributed by atoms with E-state index in [9.17, 15) is 9.59 Å². The maximum atomic E-state index is 12.8. The second-order valence-corrected chi connectivity index (χ2v) is 7.89. The predicted molar refractivity (Wildman–Crippen MR) is 117 cm³/mol. The van der Waals surface area contributed by atoms with E-state index in [2.05, 4.69) is 15.5 Å². The van der Waals surface area contributed by atoms with Crippen LogP contribution in [0.15, 0.2) is 40.5 Å². The minimum atomic E-state index is -0.0578. The number of carbonyl (C=O) groups is 1. The van der Waals surface area contributed by atoms with Crippen LogP contribution in [0.3, 0.4) is 0 Å². The molecule has 0 spiro atoms. The number of nitrogens with one attached hydrogen (secondary N) is 1. The van der Waals surface area contributed by atoms with Gasteiger partial charge < -0.3 is 10.1 Å². The van der Waals surface area contributed by atoms with Crippen molar-refractivity contribution in [3.8, 4) is 5.75 Å². The van der Waals surface area contributed by atoms with E-state index < -0.39 is 0 Å². The van der Waals surface area contributed by atoms with Crippen molar-refractivity contribution in [3.05, 3.63) is 51.9 Å². The first-order valence-corrected chi connectivity index (χ1v) is 10.8. The molecular formula is C21H23N5O3S. The van der Waals surface area contributed by atoms with Gasteiger partial charge in [0.2, 0.25) is 11.7 Å². The molecule has 0 saturated carbocycles. The molecule has 156 valence electrons. The number of ether oxygens (including phenoxy) is 1. The zero-order valence-electron chi connectivity index (χ0n) is 16.9. The van der Waals surface area contributed by atoms with Gasteiger partial charge in [-0.1, -0.05) is 6.92 Å². The van der Waals surface area contributed by atoms with Gasteiger partial charge in [0.1, 0.15) is 16.3 Å². The fraction of sp³-hybridized carbons (Fsp3) is 0.333. The van der Waals surface area contributed by atoms with Gasteiger partial charge in [-0.2, -0.15) is 0 Å². The zero-order valence-corrected chi connectivity index (χ0v) is 17.7. The molecule has 0 saturated heterocycles. The molecule has 30 heavy (non-hydrogen) atoms. The molecule has 4 aromatic rings. The van der Waals surface area contributed by atoms with E-state index >= 15 is 0 Å². The number of methoxy groups -OCH3 is 1. The van der Waals surface area contributed by atoms with E-state index in [1.54, 1.807) is 23.8 Å². The molecule has 0 atom stereocenters. The van der Waals surface area contributed by atoms with Crippen molar-refractivity contribution in [3.63, 3.8) is 0 Å². The van der Waals surface area contributed by atoms with Crippen LogP contribution in [0.5, 0.6) is 5.75 Å². The first-order chi connectivity index (χ1) is 14.6. The Hall–Kier alpha value is -3.20. The van der Waals surface area contributed by atoms with Crippen LogP contribution in [0.1, 0.15) is 32.0 Å². The largest absolute Gasteiger partial charge is 0.497 e. The minimum absolute atomic E-state index is 0.0211. The van der Waals surface area contributed by atoms with Crippen LogP contribution in [0.25, 0.3) is 16.0 Å². The number of rotatable bonds is 8. The third-order valence-corrected chi connectivity index (χ3v) is 5.80. The molecule has 0 unspecified atom stereocenters. The van der Waals surface area contributed by atoms with Crippen molar-refractivity contribution in [2.24, 2.45) is 0 Å². The Labute approximate surface area is 177 Å². The van der Waals surface area contributed by atoms with Crippen molar-refractivity contribution in [1.29, 1.82) is 0 Å². The highest BCUT2D eigenvalue weighted by atomic mass is 32.1. The molecule has 3 heterocycles. The van der Waals surface area contributed by atoms with Gasteiger partial charge in [0, 0.05) is 25.1 Å². The van der Waals surface area contributed by atoms with Crippen molar-refractivity contribution in [2.45, 2.75) is 39.2 Å². The molecule has 0 aliphatic heterocycles. The molecule has 4 rings (SSSR count). The average molecular weight is 426 g/mol. The Morgan fingerprint density at radius 2 is 2.00 bits per heavy atom. The van der Waals surface area contributed by atoms with Gasteiger partial charge in [0.25, 0.3) is 5.56 Å². The lowest BCUT2D eigenvalue weighted by Crippen LogP contribution is -2.22. The summed E-state index contributed by atoms with van der Waals surface area (Å²) in [4.78, 5) is 25.0. The highest BCUT2D eigenvalue weighted by molar-refractivity contribution is 7.17. The summed E-state index contributed by atoms with van der Waals surface area (Å²) in [6, 6.07) is 9.15. The maximum absolute atomic E-state index is 12.8. The van der Waals surface area contributed by atoms with Crippen LogP contribution >= 0.6 is 11.3 Å². The summed E-state index contributed by atoms with van der Waals surface area (Å²) in [6.45, 7) is 2.62. The molecule has 9 heteroatoms. The number of amides is 1. The number of benzene rings is 1. The van der Waals surface area contributed by atoms with Gasteiger partial charge in [-0.15, -0.1) is 21.5 Å². The van der Waals surface area contributed by atoms with E-state index in [1.807, 2.05) is 34.9 Å². The third kappa shape index (κ3) is 3.80. The Morgan fingerprint density at radius 3 is 2.73 bits per heavy atom. The van der Waals surface area contributed by atoms with Gasteiger partial charge in [0.05, 0.1) is 12.6 Å². The number of thiophene rings is 1. The SMILES string of the molecule is CCCn1c(=O)c2sccc2n2c(CCCC(=O)Nc3ccc(OC)cc3)nnc12. The lowest BCUT2D eigenvalue weighted by molar-refractivity contribution is -0.116. The maximum Gasteiger partial charge on any atom is 0.272 e. The summed E-state index contributed by atoms with van der Waals surface area (Å²) < 4.78 is 9.46. The standard InChI is InChI=1S/C21H23N5O3S/c1-3-12-25-20(28)19-16(11-13-30-19)26-17(23-24-21(25)26)5-4-6-18(27)22-14-7-9-15(29-2)10-8-14/h7-11,13H,3-6,12H2,1-2H3,(H,22,27). The van der Waals surface area contributed by atoms with Gasteiger partial charge in [-0.25, -0.2) is 0 Å². The fourth-order valence-corrected chi connectivity index (χ4v) is 4.30. The van der Waals surface area contributed by atoms with E-state index in [1.165, 1.54) is 11.3 Å². The number of hydrogen-bond acceptors (Lipinski definition) is 6. The number of anilines is 1. The van der Waals surface area contributed by atoms with Crippen LogP contribution in [-0.4, -0.2) is 32.2 Å². The molecule has 1 amide bonds. The lowest BCUT2D eigenvalue weighted by Gasteiger charge is -2.08. The van der Waals surface area contributed by atoms with Gasteiger partial charge in [-0.3, -0.25) is 18.6 Å². The molecule has 3 aromatic heterocycles. The minimum Gasteiger partial charge on any atom is -0.497 e. The monoisotopic (exact) mass is 425 g/mol. The number of fused-ring (bicyclic) bond motifs is 3. The van der Waals surface area contributed by atoms with E-state index in [-0.39, 0.29) is 11.5 Å². The number of aryl methyl sites for hydroxylation is 2. The van der Waals surface area contributed by atoms with Crippen molar-refractivity contribution < 1.29 is 9.53 Å². The van der Waals surface area contributed by atoms with E-state index in [0.717, 1.165) is 29.2 Å². The number of aromatic nitrogens is 4. The number of hydrogen-bond donors (Lipinski definition) is 1. The van der Waals surface area contributed by atoms with Crippen LogP contribution < -0.4 is 15.6 Å². The summed E-state index contributed by atoms with van der Waals surface area (Å²) in [7, 11) is 1.60. The number of carbonyl (C=O) groups excluding carboxylic acids is 1. The molecule has 0 fully saturated rings. The Morgan fingerprint density at radius 1 is 1.20 bits per heavy atom. The number of nitrogens with zero attached hydrogens (tertiary/aromatic N) is 4. The summed E-state index contributed by atoms with van der Waals surface area (Å²) >= 11 is 1.43. The molecule has 1 aromatic carbocycles. The molecular weight excluding hydrogens is 402 g/mol. The van der Waals surface area contributed by atoms with Gasteiger partial charge >= 0.3 is 0 Å². The quantitative estimate of drug-likeness (QED) is 0.467. The normalized spacial score (nSPS) is 11.3. The summed E-state index contributed by atoms with van der Waals surface area (Å²) in [5.41, 5.74) is 1.54. The lowest BCUT2D eigenvalue weighted by atomic mass is 10.2. The van der Waals surface area contributed by atoms with Crippen LogP contribution in [0.2, 0.25) is 0 Å². The van der Waals surface area contributed by atoms with Crippen LogP contribution in [0.4, 0.5) is 5.69 Å². The third-order valence-electron chi connectivity index (χ3n) is 4.90. The topological polar surface area (TPSA) is 90.5 Å². The van der Waals surface area contributed by atoms with Gasteiger partial charge in [-0.05, 0) is 48.6 Å². The van der Waals surface area contributed by atoms with E-state index in [4.69, 9.17) is 4.74 Å². The second kappa shape index (κ2) is 8.66. The molecule has 0 bridgehead atoms. The summed E-state index contributed by atoms with van der Waals surface area (Å²) in [5, 5.41) is 13.4. The van der Waals surface area contributed by atoms with Crippen LogP contribution in [0, 0.1) is 0 Å². The first kappa shape index (κ1) is 20.1. The Balaban J connectivity index is 1.49. The molecule has 8 nitrogen and oxygen atoms in total. The van der Waals surface area contributed by atoms with E-state index in [0.29, 0.717) is 36.3 Å². The average Bonchev–Trinajstić information content (AvgIpc) is 3.39.